The quantitative estimate of drug-likeness (QED) is 0.122. The van der Waals surface area contributed by atoms with Gasteiger partial charge in [-0.15, -0.1) is 11.3 Å². The number of sulfonamides is 1. The third kappa shape index (κ3) is 7.38. The molecule has 334 valence electrons. The summed E-state index contributed by atoms with van der Waals surface area (Å²) in [5.41, 5.74) is -0.331. The number of nitrogens with one attached hydrogen (secondary N) is 2. The van der Waals surface area contributed by atoms with Crippen molar-refractivity contribution in [1.29, 1.82) is 0 Å². The number of aromatic nitrogens is 7. The topological polar surface area (TPSA) is 159 Å². The third-order valence-electron chi connectivity index (χ3n) is 11.6. The standard InChI is InChI=1S/C43H32ClF6N9O4S2/c1-18-51-29-14-21(5-9-32(29)64-18)20-4-6-24-28(13-20)53-41(59(42(24)61)31-8-7-27(44)35-37(31)57(2)55-40(35)56-65(3,62)63)30(12-19-10-22(45)15-23(46)11-19)52-33(60)17-58-38-34(36(54-58)39(47)48)25-16-26(25)43(38,49)50/h4-11,13-15,25-26,30,39H,12,16-17H2,1-3H3,(H,52,60)(H,55,56)/t25-,26+,30-/m0/s1. The van der Waals surface area contributed by atoms with Gasteiger partial charge in [0.25, 0.3) is 17.9 Å². The van der Waals surface area contributed by atoms with Crippen molar-refractivity contribution in [3.8, 4) is 16.8 Å². The molecule has 65 heavy (non-hydrogen) atoms. The van der Waals surface area contributed by atoms with E-state index in [-0.39, 0.29) is 61.7 Å². The van der Waals surface area contributed by atoms with E-state index in [9.17, 15) is 30.8 Å². The number of carbonyl (C=O) groups is 1. The Morgan fingerprint density at radius 3 is 2.40 bits per heavy atom. The van der Waals surface area contributed by atoms with Crippen LogP contribution in [0.1, 0.15) is 58.2 Å². The first-order valence-electron chi connectivity index (χ1n) is 19.8. The molecule has 0 aliphatic heterocycles. The first-order valence-corrected chi connectivity index (χ1v) is 22.9. The summed E-state index contributed by atoms with van der Waals surface area (Å²) in [7, 11) is -2.45. The molecule has 4 aromatic carbocycles. The van der Waals surface area contributed by atoms with Crippen molar-refractivity contribution in [3.63, 3.8) is 0 Å². The number of fused-ring (bicyclic) bond motifs is 6. The van der Waals surface area contributed by atoms with Gasteiger partial charge < -0.3 is 5.32 Å². The molecule has 3 atom stereocenters. The van der Waals surface area contributed by atoms with Crippen LogP contribution in [-0.4, -0.2) is 54.7 Å². The van der Waals surface area contributed by atoms with E-state index in [1.165, 1.54) is 35.2 Å². The number of benzene rings is 4. The lowest BCUT2D eigenvalue weighted by molar-refractivity contribution is -0.123. The van der Waals surface area contributed by atoms with Crippen molar-refractivity contribution in [1.82, 2.24) is 39.4 Å². The molecule has 1 fully saturated rings. The minimum atomic E-state index is -3.92. The number of aryl methyl sites for hydroxylation is 2. The van der Waals surface area contributed by atoms with Crippen molar-refractivity contribution in [2.24, 2.45) is 13.0 Å². The van der Waals surface area contributed by atoms with Crippen molar-refractivity contribution < 1.29 is 39.6 Å². The van der Waals surface area contributed by atoms with Gasteiger partial charge in [-0.3, -0.25) is 28.2 Å². The summed E-state index contributed by atoms with van der Waals surface area (Å²) in [6, 6.07) is 14.5. The number of anilines is 1. The number of hydrogen-bond acceptors (Lipinski definition) is 9. The second-order valence-electron chi connectivity index (χ2n) is 16.2. The zero-order valence-electron chi connectivity index (χ0n) is 34.0. The van der Waals surface area contributed by atoms with E-state index in [2.05, 4.69) is 25.2 Å². The van der Waals surface area contributed by atoms with Crippen LogP contribution in [0.15, 0.2) is 71.5 Å². The van der Waals surface area contributed by atoms with E-state index in [0.717, 1.165) is 43.7 Å². The highest BCUT2D eigenvalue weighted by atomic mass is 35.5. The molecule has 8 aromatic rings. The van der Waals surface area contributed by atoms with Gasteiger partial charge in [-0.25, -0.2) is 35.9 Å². The van der Waals surface area contributed by atoms with Crippen LogP contribution >= 0.6 is 22.9 Å². The number of rotatable bonds is 11. The molecule has 0 saturated heterocycles. The number of alkyl halides is 4. The molecule has 0 unspecified atom stereocenters. The maximum atomic E-state index is 15.6. The second kappa shape index (κ2) is 15.1. The number of amides is 1. The Morgan fingerprint density at radius 2 is 1.69 bits per heavy atom. The highest BCUT2D eigenvalue weighted by Gasteiger charge is 2.67. The van der Waals surface area contributed by atoms with Crippen LogP contribution in [0.2, 0.25) is 5.02 Å². The number of nitrogens with zero attached hydrogens (tertiary/aromatic N) is 7. The Kier molecular flexibility index (Phi) is 9.92. The molecule has 0 radical (unpaired) electrons. The van der Waals surface area contributed by atoms with Crippen LogP contribution < -0.4 is 15.6 Å². The van der Waals surface area contributed by atoms with Crippen LogP contribution in [0.3, 0.4) is 0 Å². The summed E-state index contributed by atoms with van der Waals surface area (Å²) in [5, 5.41) is 11.8. The second-order valence-corrected chi connectivity index (χ2v) is 19.6. The molecular formula is C43H32ClF6N9O4S2. The first kappa shape index (κ1) is 42.6. The summed E-state index contributed by atoms with van der Waals surface area (Å²) in [4.78, 5) is 38.9. The van der Waals surface area contributed by atoms with Crippen molar-refractivity contribution >= 4 is 76.7 Å². The lowest BCUT2D eigenvalue weighted by atomic mass is 10.0. The molecular weight excluding hydrogens is 920 g/mol. The maximum Gasteiger partial charge on any atom is 0.293 e. The minimum Gasteiger partial charge on any atom is -0.344 e. The molecule has 1 amide bonds. The lowest BCUT2D eigenvalue weighted by Crippen LogP contribution is -2.38. The Bertz CT molecular complexity index is 3500. The van der Waals surface area contributed by atoms with Gasteiger partial charge in [-0.1, -0.05) is 23.7 Å². The zero-order valence-corrected chi connectivity index (χ0v) is 36.4. The maximum absolute atomic E-state index is 15.6. The van der Waals surface area contributed by atoms with E-state index < -0.39 is 87.7 Å². The number of thiazole rings is 1. The largest absolute Gasteiger partial charge is 0.344 e. The van der Waals surface area contributed by atoms with E-state index in [0.29, 0.717) is 16.3 Å². The Balaban J connectivity index is 1.18. The highest BCUT2D eigenvalue weighted by Crippen LogP contribution is 2.68. The molecule has 1 saturated carbocycles. The predicted molar refractivity (Wildman–Crippen MR) is 231 cm³/mol. The van der Waals surface area contributed by atoms with E-state index in [1.54, 1.807) is 18.2 Å². The van der Waals surface area contributed by atoms with Gasteiger partial charge >= 0.3 is 0 Å². The highest BCUT2D eigenvalue weighted by molar-refractivity contribution is 7.92. The SMILES string of the molecule is Cc1nc2cc(-c3ccc4c(=O)n(-c5ccc(Cl)c6c(NS(C)(=O)=O)nn(C)c56)c([C@H](Cc5cc(F)cc(F)c5)NC(=O)Cn5nc(C(F)F)c6c5C(F)(F)[C@@H]5C[C@H]65)nc4c3)ccc2s1. The lowest BCUT2D eigenvalue weighted by Gasteiger charge is -2.24. The summed E-state index contributed by atoms with van der Waals surface area (Å²) in [6.45, 7) is 0.902. The normalized spacial score (nSPS) is 17.0. The van der Waals surface area contributed by atoms with Crippen molar-refractivity contribution in [2.75, 3.05) is 11.0 Å². The van der Waals surface area contributed by atoms with Gasteiger partial charge in [-0.2, -0.15) is 19.0 Å². The van der Waals surface area contributed by atoms with Crippen LogP contribution in [0.25, 0.3) is 48.8 Å². The summed E-state index contributed by atoms with van der Waals surface area (Å²) in [5.74, 6) is -9.00. The Labute approximate surface area is 372 Å². The van der Waals surface area contributed by atoms with Gasteiger partial charge in [-0.05, 0) is 84.5 Å². The van der Waals surface area contributed by atoms with E-state index in [4.69, 9.17) is 16.6 Å². The Hall–Kier alpha value is -6.32. The fourth-order valence-corrected chi connectivity index (χ4v) is 10.5. The zero-order chi connectivity index (χ0) is 46.0. The molecule has 2 N–H and O–H groups in total. The van der Waals surface area contributed by atoms with Gasteiger partial charge in [0.05, 0.1) is 60.0 Å². The first-order chi connectivity index (χ1) is 30.7. The molecule has 2 aliphatic rings. The molecule has 2 aliphatic carbocycles. The molecule has 4 heterocycles. The molecule has 10 rings (SSSR count). The van der Waals surface area contributed by atoms with Crippen LogP contribution in [0.5, 0.6) is 0 Å². The number of halogens is 7. The molecule has 13 nitrogen and oxygen atoms in total. The summed E-state index contributed by atoms with van der Waals surface area (Å²) in [6.07, 6.45) is -2.76. The van der Waals surface area contributed by atoms with Gasteiger partial charge in [0.2, 0.25) is 15.9 Å². The van der Waals surface area contributed by atoms with Gasteiger partial charge in [0.15, 0.2) is 5.82 Å². The van der Waals surface area contributed by atoms with Crippen molar-refractivity contribution in [3.05, 3.63) is 127 Å². The third-order valence-corrected chi connectivity index (χ3v) is 13.5. The van der Waals surface area contributed by atoms with Gasteiger partial charge in [0.1, 0.15) is 35.4 Å². The van der Waals surface area contributed by atoms with Crippen LogP contribution in [0, 0.1) is 24.5 Å². The monoisotopic (exact) mass is 951 g/mol. The van der Waals surface area contributed by atoms with Crippen LogP contribution in [-0.2, 0) is 40.8 Å². The Morgan fingerprint density at radius 1 is 0.985 bits per heavy atom. The fraction of sp³-hybridized carbons (Fsp3) is 0.256. The number of hydrogen-bond donors (Lipinski definition) is 2. The van der Waals surface area contributed by atoms with Crippen molar-refractivity contribution in [2.45, 2.75) is 50.6 Å². The molecule has 0 bridgehead atoms. The smallest absolute Gasteiger partial charge is 0.293 e. The van der Waals surface area contributed by atoms with E-state index >= 15 is 13.6 Å². The summed E-state index contributed by atoms with van der Waals surface area (Å²) >= 11 is 8.17. The predicted octanol–water partition coefficient (Wildman–Crippen LogP) is 8.60. The number of carbonyl (C=O) groups excluding carboxylic acids is 1. The average Bonchev–Trinajstić information content (AvgIpc) is 3.52. The fourth-order valence-electron chi connectivity index (χ4n) is 8.98. The average molecular weight is 952 g/mol. The molecule has 4 aromatic heterocycles. The minimum absolute atomic E-state index is 0.00363. The summed E-state index contributed by atoms with van der Waals surface area (Å²) < 4.78 is 120. The molecule has 22 heteroatoms. The van der Waals surface area contributed by atoms with E-state index in [1.807, 2.05) is 25.1 Å². The van der Waals surface area contributed by atoms with Gasteiger partial charge in [0, 0.05) is 31.0 Å². The molecule has 0 spiro atoms. The van der Waals surface area contributed by atoms with Crippen LogP contribution in [0.4, 0.5) is 32.2 Å².